The monoisotopic (exact) mass is 249 g/mol. The van der Waals surface area contributed by atoms with Gasteiger partial charge in [0.25, 0.3) is 5.91 Å². The van der Waals surface area contributed by atoms with Crippen molar-refractivity contribution in [2.45, 2.75) is 31.7 Å². The molecule has 0 spiro atoms. The first-order chi connectivity index (χ1) is 8.72. The van der Waals surface area contributed by atoms with Gasteiger partial charge in [-0.1, -0.05) is 12.8 Å². The van der Waals surface area contributed by atoms with Crippen LogP contribution < -0.4 is 11.1 Å². The van der Waals surface area contributed by atoms with Gasteiger partial charge in [-0.25, -0.2) is 4.98 Å². The van der Waals surface area contributed by atoms with E-state index in [9.17, 15) is 9.90 Å². The van der Waals surface area contributed by atoms with Gasteiger partial charge < -0.3 is 16.2 Å². The molecule has 5 nitrogen and oxygen atoms in total. The summed E-state index contributed by atoms with van der Waals surface area (Å²) in [7, 11) is 0. The number of aliphatic hydroxyl groups excluding tert-OH is 1. The molecular weight excluding hydrogens is 230 g/mol. The van der Waals surface area contributed by atoms with E-state index >= 15 is 0 Å². The predicted octanol–water partition coefficient (Wildman–Crippen LogP) is 1.14. The second kappa shape index (κ2) is 5.82. The average molecular weight is 249 g/mol. The molecule has 4 N–H and O–H groups in total. The lowest BCUT2D eigenvalue weighted by Crippen LogP contribution is -2.35. The highest BCUT2D eigenvalue weighted by Gasteiger charge is 2.25. The molecule has 2 unspecified atom stereocenters. The van der Waals surface area contributed by atoms with Gasteiger partial charge in [-0.2, -0.15) is 0 Å². The predicted molar refractivity (Wildman–Crippen MR) is 69.2 cm³/mol. The number of rotatable bonds is 4. The number of primary amides is 1. The van der Waals surface area contributed by atoms with E-state index in [1.54, 1.807) is 18.3 Å². The number of amides is 1. The maximum Gasteiger partial charge on any atom is 0.252 e. The summed E-state index contributed by atoms with van der Waals surface area (Å²) < 4.78 is 0. The smallest absolute Gasteiger partial charge is 0.252 e. The van der Waals surface area contributed by atoms with E-state index in [1.165, 1.54) is 0 Å². The highest BCUT2D eigenvalue weighted by Crippen LogP contribution is 2.27. The molecule has 1 amide bonds. The first-order valence-corrected chi connectivity index (χ1v) is 6.34. The number of nitrogens with one attached hydrogen (secondary N) is 1. The number of pyridine rings is 1. The fourth-order valence-electron chi connectivity index (χ4n) is 2.51. The van der Waals surface area contributed by atoms with Crippen molar-refractivity contribution in [3.05, 3.63) is 23.9 Å². The first kappa shape index (κ1) is 12.8. The largest absolute Gasteiger partial charge is 0.396 e. The quantitative estimate of drug-likeness (QED) is 0.746. The third-order valence-corrected chi connectivity index (χ3v) is 3.54. The molecule has 18 heavy (non-hydrogen) atoms. The van der Waals surface area contributed by atoms with Crippen LogP contribution in [0.4, 0.5) is 5.82 Å². The van der Waals surface area contributed by atoms with Crippen LogP contribution in [0.25, 0.3) is 0 Å². The summed E-state index contributed by atoms with van der Waals surface area (Å²) in [5.74, 6) is 0.263. The van der Waals surface area contributed by atoms with Crippen LogP contribution in [-0.4, -0.2) is 28.6 Å². The second-order valence-corrected chi connectivity index (χ2v) is 4.74. The zero-order valence-electron chi connectivity index (χ0n) is 10.3. The van der Waals surface area contributed by atoms with Gasteiger partial charge in [0, 0.05) is 24.8 Å². The van der Waals surface area contributed by atoms with Crippen molar-refractivity contribution in [2.75, 3.05) is 11.9 Å². The fourth-order valence-corrected chi connectivity index (χ4v) is 2.51. The van der Waals surface area contributed by atoms with Gasteiger partial charge in [0.1, 0.15) is 5.82 Å². The second-order valence-electron chi connectivity index (χ2n) is 4.74. The lowest BCUT2D eigenvalue weighted by molar-refractivity contribution is 0.100. The maximum atomic E-state index is 11.3. The van der Waals surface area contributed by atoms with Gasteiger partial charge >= 0.3 is 0 Å². The van der Waals surface area contributed by atoms with Crippen LogP contribution in [0.15, 0.2) is 18.3 Å². The maximum absolute atomic E-state index is 11.3. The van der Waals surface area contributed by atoms with Gasteiger partial charge in [0.15, 0.2) is 0 Å². The lowest BCUT2D eigenvalue weighted by atomic mass is 9.85. The summed E-state index contributed by atoms with van der Waals surface area (Å²) in [5.41, 5.74) is 5.72. The molecule has 98 valence electrons. The van der Waals surface area contributed by atoms with Crippen LogP contribution in [0, 0.1) is 5.92 Å². The Labute approximate surface area is 106 Å². The Hall–Kier alpha value is -1.62. The standard InChI is InChI=1S/C13H19N3O2/c14-12(18)10-5-3-7-15-13(10)16-11-6-2-1-4-9(11)8-17/h3,5,7,9,11,17H,1-2,4,6,8H2,(H2,14,18)(H,15,16). The Kier molecular flexibility index (Phi) is 4.15. The highest BCUT2D eigenvalue weighted by atomic mass is 16.3. The van der Waals surface area contributed by atoms with Gasteiger partial charge in [0.05, 0.1) is 5.56 Å². The van der Waals surface area contributed by atoms with Crippen molar-refractivity contribution in [1.82, 2.24) is 4.98 Å². The Bertz CT molecular complexity index is 422. The van der Waals surface area contributed by atoms with Crippen LogP contribution in [0.5, 0.6) is 0 Å². The lowest BCUT2D eigenvalue weighted by Gasteiger charge is -2.31. The van der Waals surface area contributed by atoms with Crippen molar-refractivity contribution in [1.29, 1.82) is 0 Å². The van der Waals surface area contributed by atoms with E-state index in [4.69, 9.17) is 5.73 Å². The van der Waals surface area contributed by atoms with E-state index in [1.807, 2.05) is 0 Å². The number of aromatic nitrogens is 1. The SMILES string of the molecule is NC(=O)c1cccnc1NC1CCCCC1CO. The molecule has 1 aromatic rings. The molecular formula is C13H19N3O2. The van der Waals surface area contributed by atoms with Crippen LogP contribution in [0.3, 0.4) is 0 Å². The third kappa shape index (κ3) is 2.79. The van der Waals surface area contributed by atoms with Crippen LogP contribution in [0.1, 0.15) is 36.0 Å². The van der Waals surface area contributed by atoms with Crippen molar-refractivity contribution in [2.24, 2.45) is 11.7 Å². The summed E-state index contributed by atoms with van der Waals surface area (Å²) in [4.78, 5) is 15.5. The van der Waals surface area contributed by atoms with Crippen LogP contribution >= 0.6 is 0 Å². The molecule has 1 heterocycles. The Morgan fingerprint density at radius 3 is 3.00 bits per heavy atom. The van der Waals surface area contributed by atoms with Crippen molar-refractivity contribution >= 4 is 11.7 Å². The molecule has 1 aromatic heterocycles. The fraction of sp³-hybridized carbons (Fsp3) is 0.538. The van der Waals surface area contributed by atoms with E-state index in [2.05, 4.69) is 10.3 Å². The number of anilines is 1. The Morgan fingerprint density at radius 2 is 2.28 bits per heavy atom. The number of carbonyl (C=O) groups is 1. The molecule has 0 radical (unpaired) electrons. The van der Waals surface area contributed by atoms with E-state index in [0.29, 0.717) is 11.4 Å². The van der Waals surface area contributed by atoms with E-state index in [0.717, 1.165) is 25.7 Å². The molecule has 2 atom stereocenters. The molecule has 0 aliphatic heterocycles. The minimum atomic E-state index is -0.484. The van der Waals surface area contributed by atoms with Gasteiger partial charge in [-0.15, -0.1) is 0 Å². The zero-order valence-corrected chi connectivity index (χ0v) is 10.3. The minimum Gasteiger partial charge on any atom is -0.396 e. The number of carbonyl (C=O) groups excluding carboxylic acids is 1. The number of hydrogen-bond acceptors (Lipinski definition) is 4. The molecule has 0 bridgehead atoms. The summed E-state index contributed by atoms with van der Waals surface area (Å²) in [6.07, 6.45) is 5.90. The molecule has 1 aliphatic carbocycles. The molecule has 5 heteroatoms. The molecule has 1 saturated carbocycles. The third-order valence-electron chi connectivity index (χ3n) is 3.54. The Morgan fingerprint density at radius 1 is 1.50 bits per heavy atom. The Balaban J connectivity index is 2.15. The average Bonchev–Trinajstić information content (AvgIpc) is 2.40. The van der Waals surface area contributed by atoms with Gasteiger partial charge in [0.2, 0.25) is 0 Å². The van der Waals surface area contributed by atoms with Crippen LogP contribution in [0.2, 0.25) is 0 Å². The molecule has 2 rings (SSSR count). The first-order valence-electron chi connectivity index (χ1n) is 6.34. The molecule has 0 aromatic carbocycles. The zero-order chi connectivity index (χ0) is 13.0. The van der Waals surface area contributed by atoms with E-state index in [-0.39, 0.29) is 18.6 Å². The summed E-state index contributed by atoms with van der Waals surface area (Å²) >= 11 is 0. The van der Waals surface area contributed by atoms with Gasteiger partial charge in [-0.05, 0) is 25.0 Å². The summed E-state index contributed by atoms with van der Waals surface area (Å²) in [6.45, 7) is 0.163. The van der Waals surface area contributed by atoms with Crippen molar-refractivity contribution in [3.63, 3.8) is 0 Å². The van der Waals surface area contributed by atoms with Gasteiger partial charge in [-0.3, -0.25) is 4.79 Å². The summed E-state index contributed by atoms with van der Waals surface area (Å²) in [6, 6.07) is 3.51. The number of aliphatic hydroxyl groups is 1. The highest BCUT2D eigenvalue weighted by molar-refractivity contribution is 5.97. The summed E-state index contributed by atoms with van der Waals surface area (Å²) in [5, 5.41) is 12.6. The number of nitrogens with zero attached hydrogens (tertiary/aromatic N) is 1. The minimum absolute atomic E-state index is 0.163. The normalized spacial score (nSPS) is 23.6. The molecule has 1 fully saturated rings. The van der Waals surface area contributed by atoms with Crippen LogP contribution in [-0.2, 0) is 0 Å². The number of nitrogens with two attached hydrogens (primary N) is 1. The topological polar surface area (TPSA) is 88.2 Å². The van der Waals surface area contributed by atoms with E-state index < -0.39 is 5.91 Å². The van der Waals surface area contributed by atoms with Crippen molar-refractivity contribution < 1.29 is 9.90 Å². The molecule has 0 saturated heterocycles. The van der Waals surface area contributed by atoms with Crippen molar-refractivity contribution in [3.8, 4) is 0 Å². The molecule has 1 aliphatic rings. The number of hydrogen-bond donors (Lipinski definition) is 3.